The molecule has 2 nitrogen and oxygen atoms in total. The summed E-state index contributed by atoms with van der Waals surface area (Å²) in [5, 5.41) is 0. The third-order valence-corrected chi connectivity index (χ3v) is 7.10. The van der Waals surface area contributed by atoms with Crippen LogP contribution in [0.3, 0.4) is 0 Å². The van der Waals surface area contributed by atoms with Crippen molar-refractivity contribution in [2.24, 2.45) is 0 Å². The van der Waals surface area contributed by atoms with Gasteiger partial charge in [0.1, 0.15) is 12.1 Å². The van der Waals surface area contributed by atoms with Crippen molar-refractivity contribution < 1.29 is 22.3 Å². The molecule has 1 aliphatic rings. The fraction of sp³-hybridized carbons (Fsp3) is 0.267. The van der Waals surface area contributed by atoms with Crippen molar-refractivity contribution in [2.75, 3.05) is 0 Å². The van der Waals surface area contributed by atoms with Crippen molar-refractivity contribution in [2.45, 2.75) is 51.7 Å². The predicted molar refractivity (Wildman–Crippen MR) is 131 cm³/mol. The lowest BCUT2D eigenvalue weighted by Gasteiger charge is -2.21. The van der Waals surface area contributed by atoms with Crippen molar-refractivity contribution in [1.82, 2.24) is 0 Å². The lowest BCUT2D eigenvalue weighted by molar-refractivity contribution is -0.697. The summed E-state index contributed by atoms with van der Waals surface area (Å²) in [5.74, 6) is 0. The number of alkyl halides is 3. The number of hydrogen-bond acceptors (Lipinski definition) is 0. The molecule has 2 aromatic carbocycles. The standard InChI is InChI=1S/C30H29F3N2/c1-4-5-15-34-16-12-21(13-17-34)22-10-11-23-24-14-18-35(20-27(24)29(2,3)26(23)19-22)28-9-7-6-8-25(28)30(31,32)33/h6-14,16-20H,4-5,15H2,1-3H3/q+2. The molecule has 0 N–H and O–H groups in total. The molecule has 5 heteroatoms. The molecule has 2 heterocycles. The molecular weight excluding hydrogens is 445 g/mol. The average molecular weight is 475 g/mol. The van der Waals surface area contributed by atoms with Crippen LogP contribution >= 0.6 is 0 Å². The van der Waals surface area contributed by atoms with Crippen molar-refractivity contribution in [3.8, 4) is 27.9 Å². The van der Waals surface area contributed by atoms with Crippen molar-refractivity contribution in [3.63, 3.8) is 0 Å². The van der Waals surface area contributed by atoms with Gasteiger partial charge in [-0.15, -0.1) is 0 Å². The van der Waals surface area contributed by atoms with Gasteiger partial charge in [0.15, 0.2) is 24.8 Å². The molecule has 0 aliphatic heterocycles. The Morgan fingerprint density at radius 2 is 1.51 bits per heavy atom. The van der Waals surface area contributed by atoms with E-state index < -0.39 is 11.7 Å². The van der Waals surface area contributed by atoms with E-state index in [-0.39, 0.29) is 11.1 Å². The van der Waals surface area contributed by atoms with Crippen LogP contribution in [0.5, 0.6) is 0 Å². The molecule has 35 heavy (non-hydrogen) atoms. The molecule has 0 saturated carbocycles. The highest BCUT2D eigenvalue weighted by Crippen LogP contribution is 2.49. The van der Waals surface area contributed by atoms with E-state index in [4.69, 9.17) is 0 Å². The number of rotatable bonds is 5. The second kappa shape index (κ2) is 8.63. The molecule has 0 saturated heterocycles. The zero-order valence-electron chi connectivity index (χ0n) is 20.2. The van der Waals surface area contributed by atoms with Crippen LogP contribution in [0.2, 0.25) is 0 Å². The third-order valence-electron chi connectivity index (χ3n) is 7.10. The summed E-state index contributed by atoms with van der Waals surface area (Å²) in [6, 6.07) is 18.5. The molecule has 0 spiro atoms. The van der Waals surface area contributed by atoms with Gasteiger partial charge >= 0.3 is 6.18 Å². The van der Waals surface area contributed by atoms with E-state index in [1.54, 1.807) is 16.8 Å². The summed E-state index contributed by atoms with van der Waals surface area (Å²) in [7, 11) is 0. The largest absolute Gasteiger partial charge is 0.422 e. The molecular formula is C30H29F3N2+2. The topological polar surface area (TPSA) is 7.76 Å². The molecule has 0 unspecified atom stereocenters. The van der Waals surface area contributed by atoms with Gasteiger partial charge in [0.25, 0.3) is 0 Å². The van der Waals surface area contributed by atoms with Crippen molar-refractivity contribution >= 4 is 0 Å². The van der Waals surface area contributed by atoms with E-state index in [2.05, 4.69) is 68.1 Å². The molecule has 0 amide bonds. The summed E-state index contributed by atoms with van der Waals surface area (Å²) in [5.41, 5.74) is 5.87. The fourth-order valence-electron chi connectivity index (χ4n) is 5.08. The van der Waals surface area contributed by atoms with Gasteiger partial charge in [-0.05, 0) is 39.9 Å². The van der Waals surface area contributed by atoms with Gasteiger partial charge in [-0.25, -0.2) is 4.57 Å². The SMILES string of the molecule is CCCC[n+]1ccc(-c2ccc3c(c2)C(C)(C)c2c[n+](-c4ccccc4C(F)(F)F)ccc2-3)cc1. The number of para-hydroxylation sites is 1. The molecule has 0 radical (unpaired) electrons. The zero-order valence-corrected chi connectivity index (χ0v) is 20.2. The first-order chi connectivity index (χ1) is 16.7. The first kappa shape index (κ1) is 23.3. The number of pyridine rings is 2. The van der Waals surface area contributed by atoms with E-state index in [1.807, 2.05) is 12.3 Å². The Morgan fingerprint density at radius 3 is 2.23 bits per heavy atom. The Balaban J connectivity index is 1.54. The molecule has 4 aromatic rings. The minimum absolute atomic E-state index is 0.135. The van der Waals surface area contributed by atoms with Gasteiger partial charge in [-0.3, -0.25) is 0 Å². The highest BCUT2D eigenvalue weighted by molar-refractivity contribution is 5.82. The number of hydrogen-bond donors (Lipinski definition) is 0. The smallest absolute Gasteiger partial charge is 0.205 e. The Hall–Kier alpha value is -3.47. The van der Waals surface area contributed by atoms with Crippen LogP contribution in [0.4, 0.5) is 13.2 Å². The van der Waals surface area contributed by atoms with E-state index >= 15 is 0 Å². The maximum Gasteiger partial charge on any atom is 0.422 e. The Bertz CT molecular complexity index is 1390. The lowest BCUT2D eigenvalue weighted by atomic mass is 9.82. The van der Waals surface area contributed by atoms with Gasteiger partial charge in [0.2, 0.25) is 5.69 Å². The molecule has 0 bridgehead atoms. The van der Waals surface area contributed by atoms with Gasteiger partial charge in [0, 0.05) is 41.7 Å². The molecule has 5 rings (SSSR count). The number of unbranched alkanes of at least 4 members (excludes halogenated alkanes) is 1. The lowest BCUT2D eigenvalue weighted by Crippen LogP contribution is -2.34. The highest BCUT2D eigenvalue weighted by atomic mass is 19.4. The second-order valence-corrected chi connectivity index (χ2v) is 9.76. The summed E-state index contributed by atoms with van der Waals surface area (Å²) in [4.78, 5) is 0. The third kappa shape index (κ3) is 4.13. The summed E-state index contributed by atoms with van der Waals surface area (Å²) >= 11 is 0. The monoisotopic (exact) mass is 474 g/mol. The number of fused-ring (bicyclic) bond motifs is 3. The Morgan fingerprint density at radius 1 is 0.800 bits per heavy atom. The number of aromatic nitrogens is 2. The molecule has 1 aliphatic carbocycles. The van der Waals surface area contributed by atoms with E-state index in [1.165, 1.54) is 17.7 Å². The van der Waals surface area contributed by atoms with Crippen LogP contribution in [0.25, 0.3) is 27.9 Å². The van der Waals surface area contributed by atoms with Crippen LogP contribution in [0.1, 0.15) is 50.3 Å². The minimum atomic E-state index is -4.42. The quantitative estimate of drug-likeness (QED) is 0.274. The van der Waals surface area contributed by atoms with Gasteiger partial charge < -0.3 is 0 Å². The van der Waals surface area contributed by atoms with Crippen LogP contribution in [0.15, 0.2) is 85.5 Å². The van der Waals surface area contributed by atoms with E-state index in [0.717, 1.165) is 53.3 Å². The first-order valence-electron chi connectivity index (χ1n) is 12.1. The average Bonchev–Trinajstić information content (AvgIpc) is 3.08. The summed E-state index contributed by atoms with van der Waals surface area (Å²) < 4.78 is 44.8. The first-order valence-corrected chi connectivity index (χ1v) is 12.1. The van der Waals surface area contributed by atoms with E-state index in [9.17, 15) is 13.2 Å². The number of halogens is 3. The number of benzene rings is 2. The zero-order chi connectivity index (χ0) is 24.8. The molecule has 0 atom stereocenters. The van der Waals surface area contributed by atoms with Gasteiger partial charge in [-0.1, -0.05) is 51.5 Å². The number of aryl methyl sites for hydroxylation is 1. The summed E-state index contributed by atoms with van der Waals surface area (Å²) in [6.07, 6.45) is 5.74. The van der Waals surface area contributed by atoms with Crippen LogP contribution in [-0.4, -0.2) is 0 Å². The second-order valence-electron chi connectivity index (χ2n) is 9.76. The highest BCUT2D eigenvalue weighted by Gasteiger charge is 2.40. The number of nitrogens with zero attached hydrogens (tertiary/aromatic N) is 2. The Kier molecular flexibility index (Phi) is 5.74. The van der Waals surface area contributed by atoms with Crippen LogP contribution < -0.4 is 9.13 Å². The normalized spacial score (nSPS) is 14.0. The molecule has 0 fully saturated rings. The van der Waals surface area contributed by atoms with Crippen molar-refractivity contribution in [3.05, 3.63) is 102 Å². The summed E-state index contributed by atoms with van der Waals surface area (Å²) in [6.45, 7) is 7.49. The maximum atomic E-state index is 13.7. The van der Waals surface area contributed by atoms with Crippen LogP contribution in [0, 0.1) is 0 Å². The molecule has 178 valence electrons. The predicted octanol–water partition coefficient (Wildman–Crippen LogP) is 7.04. The molecule has 2 aromatic heterocycles. The van der Waals surface area contributed by atoms with Gasteiger partial charge in [-0.2, -0.15) is 17.7 Å². The maximum absolute atomic E-state index is 13.7. The Labute approximate surface area is 204 Å². The van der Waals surface area contributed by atoms with Gasteiger partial charge in [0.05, 0.1) is 0 Å². The van der Waals surface area contributed by atoms with Crippen molar-refractivity contribution in [1.29, 1.82) is 0 Å². The fourth-order valence-corrected chi connectivity index (χ4v) is 5.08. The van der Waals surface area contributed by atoms with E-state index in [0.29, 0.717) is 0 Å². The minimum Gasteiger partial charge on any atom is -0.205 e. The van der Waals surface area contributed by atoms with Crippen LogP contribution in [-0.2, 0) is 18.1 Å².